The van der Waals surface area contributed by atoms with Crippen molar-refractivity contribution in [2.75, 3.05) is 0 Å². The van der Waals surface area contributed by atoms with E-state index in [2.05, 4.69) is 5.32 Å². The monoisotopic (exact) mass is 301 g/mol. The number of aryl methyl sites for hydroxylation is 1. The number of carbonyl (C=O) groups excluding carboxylic acids is 1. The number of halogens is 1. The highest BCUT2D eigenvalue weighted by atomic mass is 19.1. The number of ether oxygens (including phenoxy) is 1. The van der Waals surface area contributed by atoms with Gasteiger partial charge in [-0.3, -0.25) is 4.79 Å². The minimum atomic E-state index is -0.607. The normalized spacial score (nSPS) is 13.3. The Labute approximate surface area is 130 Å². The molecule has 2 aromatic carbocycles. The minimum absolute atomic E-state index is 0.210. The Morgan fingerprint density at radius 1 is 1.14 bits per heavy atom. The molecule has 0 radical (unpaired) electrons. The lowest BCUT2D eigenvalue weighted by molar-refractivity contribution is -0.127. The van der Waals surface area contributed by atoms with Crippen LogP contribution in [0.4, 0.5) is 4.39 Å². The molecule has 0 fully saturated rings. The van der Waals surface area contributed by atoms with Gasteiger partial charge in [0.05, 0.1) is 6.04 Å². The lowest BCUT2D eigenvalue weighted by atomic mass is 10.1. The van der Waals surface area contributed by atoms with Gasteiger partial charge in [-0.1, -0.05) is 24.3 Å². The van der Waals surface area contributed by atoms with Crippen molar-refractivity contribution in [3.8, 4) is 5.75 Å². The summed E-state index contributed by atoms with van der Waals surface area (Å²) in [6.45, 7) is 5.52. The molecule has 0 aliphatic heterocycles. The molecule has 2 aromatic rings. The highest BCUT2D eigenvalue weighted by Gasteiger charge is 2.17. The molecule has 2 rings (SSSR count). The summed E-state index contributed by atoms with van der Waals surface area (Å²) in [6, 6.07) is 13.4. The van der Waals surface area contributed by atoms with Crippen molar-refractivity contribution in [3.05, 3.63) is 65.5 Å². The zero-order valence-corrected chi connectivity index (χ0v) is 13.0. The first kappa shape index (κ1) is 16.0. The van der Waals surface area contributed by atoms with Gasteiger partial charge in [-0.15, -0.1) is 0 Å². The molecule has 22 heavy (non-hydrogen) atoms. The quantitative estimate of drug-likeness (QED) is 0.912. The van der Waals surface area contributed by atoms with Gasteiger partial charge < -0.3 is 10.1 Å². The van der Waals surface area contributed by atoms with Crippen LogP contribution in [-0.4, -0.2) is 12.0 Å². The van der Waals surface area contributed by atoms with E-state index in [1.54, 1.807) is 19.1 Å². The SMILES string of the molecule is Cc1cccc(O[C@@H](C)C(=O)N[C@@H](C)c2ccc(F)cc2)c1. The number of benzene rings is 2. The van der Waals surface area contributed by atoms with Crippen molar-refractivity contribution in [1.29, 1.82) is 0 Å². The Kier molecular flexibility index (Phi) is 5.15. The summed E-state index contributed by atoms with van der Waals surface area (Å²) in [7, 11) is 0. The molecule has 4 heteroatoms. The zero-order chi connectivity index (χ0) is 16.1. The van der Waals surface area contributed by atoms with Crippen LogP contribution in [0, 0.1) is 12.7 Å². The van der Waals surface area contributed by atoms with Gasteiger partial charge in [0.2, 0.25) is 0 Å². The number of rotatable bonds is 5. The van der Waals surface area contributed by atoms with E-state index in [4.69, 9.17) is 4.74 Å². The van der Waals surface area contributed by atoms with Crippen LogP contribution in [0.2, 0.25) is 0 Å². The van der Waals surface area contributed by atoms with Crippen molar-refractivity contribution < 1.29 is 13.9 Å². The topological polar surface area (TPSA) is 38.3 Å². The van der Waals surface area contributed by atoms with Crippen molar-refractivity contribution in [1.82, 2.24) is 5.32 Å². The summed E-state index contributed by atoms with van der Waals surface area (Å²) in [5.74, 6) is 0.161. The maximum atomic E-state index is 12.9. The molecule has 2 atom stereocenters. The predicted molar refractivity (Wildman–Crippen MR) is 84.2 cm³/mol. The zero-order valence-electron chi connectivity index (χ0n) is 13.0. The van der Waals surface area contributed by atoms with Gasteiger partial charge in [0, 0.05) is 0 Å². The standard InChI is InChI=1S/C18H20FNO2/c1-12-5-4-6-17(11-12)22-14(3)18(21)20-13(2)15-7-9-16(19)10-8-15/h4-11,13-14H,1-3H3,(H,20,21)/t13-,14-/m0/s1. The fourth-order valence-electron chi connectivity index (χ4n) is 2.11. The van der Waals surface area contributed by atoms with Crippen LogP contribution in [0.15, 0.2) is 48.5 Å². The molecule has 0 aliphatic rings. The van der Waals surface area contributed by atoms with E-state index < -0.39 is 6.10 Å². The van der Waals surface area contributed by atoms with Crippen LogP contribution in [0.3, 0.4) is 0 Å². The van der Waals surface area contributed by atoms with Gasteiger partial charge in [0.15, 0.2) is 6.10 Å². The third-order valence-corrected chi connectivity index (χ3v) is 3.40. The van der Waals surface area contributed by atoms with Gasteiger partial charge in [-0.2, -0.15) is 0 Å². The van der Waals surface area contributed by atoms with Crippen molar-refractivity contribution in [2.45, 2.75) is 32.9 Å². The van der Waals surface area contributed by atoms with E-state index in [0.717, 1.165) is 11.1 Å². The minimum Gasteiger partial charge on any atom is -0.481 e. The smallest absolute Gasteiger partial charge is 0.261 e. The van der Waals surface area contributed by atoms with Crippen LogP contribution in [-0.2, 0) is 4.79 Å². The largest absolute Gasteiger partial charge is 0.481 e. The molecular weight excluding hydrogens is 281 g/mol. The van der Waals surface area contributed by atoms with Crippen LogP contribution in [0.1, 0.15) is 31.0 Å². The second kappa shape index (κ2) is 7.07. The Hall–Kier alpha value is -2.36. The number of nitrogens with one attached hydrogen (secondary N) is 1. The van der Waals surface area contributed by atoms with Gasteiger partial charge in [0.1, 0.15) is 11.6 Å². The summed E-state index contributed by atoms with van der Waals surface area (Å²) in [5, 5.41) is 2.86. The molecule has 0 spiro atoms. The van der Waals surface area contributed by atoms with Gasteiger partial charge >= 0.3 is 0 Å². The molecule has 0 bridgehead atoms. The van der Waals surface area contributed by atoms with Crippen LogP contribution < -0.4 is 10.1 Å². The Balaban J connectivity index is 1.94. The molecule has 0 saturated heterocycles. The molecule has 0 heterocycles. The first-order chi connectivity index (χ1) is 10.5. The Morgan fingerprint density at radius 2 is 1.82 bits per heavy atom. The second-order valence-electron chi connectivity index (χ2n) is 5.36. The lowest BCUT2D eigenvalue weighted by Crippen LogP contribution is -2.37. The maximum absolute atomic E-state index is 12.9. The maximum Gasteiger partial charge on any atom is 0.261 e. The molecule has 0 saturated carbocycles. The van der Waals surface area contributed by atoms with E-state index >= 15 is 0 Å². The van der Waals surface area contributed by atoms with E-state index in [-0.39, 0.29) is 17.8 Å². The summed E-state index contributed by atoms with van der Waals surface area (Å²) in [5.41, 5.74) is 1.92. The average Bonchev–Trinajstić information content (AvgIpc) is 2.47. The molecular formula is C18H20FNO2. The van der Waals surface area contributed by atoms with Crippen LogP contribution in [0.5, 0.6) is 5.75 Å². The predicted octanol–water partition coefficient (Wildman–Crippen LogP) is 3.78. The summed E-state index contributed by atoms with van der Waals surface area (Å²) in [4.78, 5) is 12.2. The Morgan fingerprint density at radius 3 is 2.45 bits per heavy atom. The third-order valence-electron chi connectivity index (χ3n) is 3.40. The van der Waals surface area contributed by atoms with E-state index in [1.165, 1.54) is 12.1 Å². The molecule has 0 aliphatic carbocycles. The van der Waals surface area contributed by atoms with Gasteiger partial charge in [0.25, 0.3) is 5.91 Å². The molecule has 0 unspecified atom stereocenters. The number of amides is 1. The molecule has 3 nitrogen and oxygen atoms in total. The van der Waals surface area contributed by atoms with E-state index in [0.29, 0.717) is 5.75 Å². The van der Waals surface area contributed by atoms with Crippen molar-refractivity contribution in [3.63, 3.8) is 0 Å². The average molecular weight is 301 g/mol. The van der Waals surface area contributed by atoms with E-state index in [1.807, 2.05) is 38.1 Å². The van der Waals surface area contributed by atoms with Crippen molar-refractivity contribution in [2.24, 2.45) is 0 Å². The van der Waals surface area contributed by atoms with E-state index in [9.17, 15) is 9.18 Å². The summed E-state index contributed by atoms with van der Waals surface area (Å²) in [6.07, 6.45) is -0.607. The lowest BCUT2D eigenvalue weighted by Gasteiger charge is -2.19. The first-order valence-corrected chi connectivity index (χ1v) is 7.25. The number of hydrogen-bond acceptors (Lipinski definition) is 2. The second-order valence-corrected chi connectivity index (χ2v) is 5.36. The molecule has 1 amide bonds. The first-order valence-electron chi connectivity index (χ1n) is 7.25. The Bertz CT molecular complexity index is 640. The van der Waals surface area contributed by atoms with Gasteiger partial charge in [-0.05, 0) is 56.2 Å². The third kappa shape index (κ3) is 4.32. The fraction of sp³-hybridized carbons (Fsp3) is 0.278. The van der Waals surface area contributed by atoms with Crippen LogP contribution >= 0.6 is 0 Å². The highest BCUT2D eigenvalue weighted by molar-refractivity contribution is 5.81. The van der Waals surface area contributed by atoms with Crippen molar-refractivity contribution >= 4 is 5.91 Å². The summed E-state index contributed by atoms with van der Waals surface area (Å²) >= 11 is 0. The number of carbonyl (C=O) groups is 1. The summed E-state index contributed by atoms with van der Waals surface area (Å²) < 4.78 is 18.5. The molecule has 116 valence electrons. The van der Waals surface area contributed by atoms with Crippen LogP contribution in [0.25, 0.3) is 0 Å². The molecule has 0 aromatic heterocycles. The molecule has 1 N–H and O–H groups in total. The fourth-order valence-corrected chi connectivity index (χ4v) is 2.11. The highest BCUT2D eigenvalue weighted by Crippen LogP contribution is 2.16. The van der Waals surface area contributed by atoms with Gasteiger partial charge in [-0.25, -0.2) is 4.39 Å². The number of hydrogen-bond donors (Lipinski definition) is 1.